The third-order valence-corrected chi connectivity index (χ3v) is 6.53. The van der Waals surface area contributed by atoms with Gasteiger partial charge in [0.05, 0.1) is 11.9 Å². The highest BCUT2D eigenvalue weighted by atomic mass is 32.2. The summed E-state index contributed by atoms with van der Waals surface area (Å²) in [5.74, 6) is -0.404. The van der Waals surface area contributed by atoms with Crippen LogP contribution >= 0.6 is 0 Å². The molecule has 1 N–H and O–H groups in total. The molecule has 8 heteroatoms. The third-order valence-electron chi connectivity index (χ3n) is 5.34. The number of hydrogen-bond acceptors (Lipinski definition) is 4. The molecule has 174 valence electrons. The van der Waals surface area contributed by atoms with E-state index in [0.717, 1.165) is 17.4 Å². The minimum Gasteiger partial charge on any atom is -0.357 e. The minimum atomic E-state index is -3.49. The van der Waals surface area contributed by atoms with Gasteiger partial charge in [-0.25, -0.2) is 8.42 Å². The van der Waals surface area contributed by atoms with Crippen LogP contribution in [0.2, 0.25) is 0 Å². The SMILES string of the molecule is CNC(=O)[C@@H](C)N(CCc1ccccc1)C(=O)CCCN(c1cccc(C)c1)S(C)(=O)=O. The average Bonchev–Trinajstić information content (AvgIpc) is 2.76. The van der Waals surface area contributed by atoms with Crippen LogP contribution in [0.25, 0.3) is 0 Å². The zero-order valence-corrected chi connectivity index (χ0v) is 20.1. The maximum atomic E-state index is 13.0. The van der Waals surface area contributed by atoms with Gasteiger partial charge in [-0.3, -0.25) is 13.9 Å². The van der Waals surface area contributed by atoms with Gasteiger partial charge in [0.2, 0.25) is 21.8 Å². The highest BCUT2D eigenvalue weighted by molar-refractivity contribution is 7.92. The van der Waals surface area contributed by atoms with E-state index in [1.807, 2.05) is 55.5 Å². The molecule has 2 rings (SSSR count). The van der Waals surface area contributed by atoms with Crippen molar-refractivity contribution in [2.24, 2.45) is 0 Å². The first-order valence-electron chi connectivity index (χ1n) is 10.7. The van der Waals surface area contributed by atoms with Gasteiger partial charge in [-0.15, -0.1) is 0 Å². The van der Waals surface area contributed by atoms with Crippen molar-refractivity contribution in [3.05, 3.63) is 65.7 Å². The highest BCUT2D eigenvalue weighted by Gasteiger charge is 2.25. The Morgan fingerprint density at radius 2 is 1.72 bits per heavy atom. The van der Waals surface area contributed by atoms with E-state index in [4.69, 9.17) is 0 Å². The van der Waals surface area contributed by atoms with Crippen LogP contribution in [0.3, 0.4) is 0 Å². The summed E-state index contributed by atoms with van der Waals surface area (Å²) in [5, 5.41) is 2.60. The summed E-state index contributed by atoms with van der Waals surface area (Å²) in [4.78, 5) is 26.8. The Kier molecular flexibility index (Phi) is 9.26. The van der Waals surface area contributed by atoms with Gasteiger partial charge in [0.25, 0.3) is 0 Å². The third kappa shape index (κ3) is 7.37. The molecule has 0 radical (unpaired) electrons. The summed E-state index contributed by atoms with van der Waals surface area (Å²) in [7, 11) is -1.94. The maximum absolute atomic E-state index is 13.0. The Hall–Kier alpha value is -2.87. The molecule has 0 unspecified atom stereocenters. The molecule has 0 spiro atoms. The van der Waals surface area contributed by atoms with Crippen molar-refractivity contribution in [1.29, 1.82) is 0 Å². The molecule has 1 atom stereocenters. The number of benzene rings is 2. The lowest BCUT2D eigenvalue weighted by Gasteiger charge is -2.29. The van der Waals surface area contributed by atoms with Gasteiger partial charge in [0.15, 0.2) is 0 Å². The first-order chi connectivity index (χ1) is 15.1. The molecule has 0 bridgehead atoms. The van der Waals surface area contributed by atoms with Crippen LogP contribution in [0.1, 0.15) is 30.9 Å². The molecule has 0 fully saturated rings. The first kappa shape index (κ1) is 25.4. The summed E-state index contributed by atoms with van der Waals surface area (Å²) in [5.41, 5.74) is 2.62. The highest BCUT2D eigenvalue weighted by Crippen LogP contribution is 2.20. The molecule has 0 aromatic heterocycles. The lowest BCUT2D eigenvalue weighted by atomic mass is 10.1. The molecular formula is C24H33N3O4S. The summed E-state index contributed by atoms with van der Waals surface area (Å²) in [6.07, 6.45) is 2.29. The van der Waals surface area contributed by atoms with E-state index in [2.05, 4.69) is 5.32 Å². The number of carbonyl (C=O) groups excluding carboxylic acids is 2. The summed E-state index contributed by atoms with van der Waals surface area (Å²) in [6, 6.07) is 16.4. The van der Waals surface area contributed by atoms with E-state index in [-0.39, 0.29) is 24.8 Å². The van der Waals surface area contributed by atoms with Crippen LogP contribution in [0.4, 0.5) is 5.69 Å². The topological polar surface area (TPSA) is 86.8 Å². The number of carbonyl (C=O) groups is 2. The number of rotatable bonds is 11. The standard InChI is InChI=1S/C24H33N3O4S/c1-19-10-8-13-22(18-19)27(32(4,30)31)16-9-14-23(28)26(20(2)24(29)25-3)17-15-21-11-6-5-7-12-21/h5-8,10-13,18,20H,9,14-17H2,1-4H3,(H,25,29)/t20-/m1/s1. The molecule has 0 aliphatic rings. The van der Waals surface area contributed by atoms with Crippen LogP contribution in [0.5, 0.6) is 0 Å². The van der Waals surface area contributed by atoms with E-state index < -0.39 is 16.1 Å². The molecular weight excluding hydrogens is 426 g/mol. The van der Waals surface area contributed by atoms with Gasteiger partial charge < -0.3 is 10.2 Å². The van der Waals surface area contributed by atoms with Crippen molar-refractivity contribution in [1.82, 2.24) is 10.2 Å². The van der Waals surface area contributed by atoms with E-state index >= 15 is 0 Å². The van der Waals surface area contributed by atoms with Gasteiger partial charge in [-0.1, -0.05) is 42.5 Å². The van der Waals surface area contributed by atoms with Crippen molar-refractivity contribution in [3.8, 4) is 0 Å². The van der Waals surface area contributed by atoms with Crippen LogP contribution in [-0.4, -0.2) is 57.6 Å². The molecule has 32 heavy (non-hydrogen) atoms. The molecule has 0 saturated carbocycles. The second kappa shape index (κ2) is 11.7. The predicted molar refractivity (Wildman–Crippen MR) is 128 cm³/mol. The molecule has 0 heterocycles. The Bertz CT molecular complexity index is 1010. The number of likely N-dealkylation sites (N-methyl/N-ethyl adjacent to an activating group) is 1. The molecule has 7 nitrogen and oxygen atoms in total. The zero-order chi connectivity index (χ0) is 23.7. The fourth-order valence-electron chi connectivity index (χ4n) is 3.57. The molecule has 2 aromatic rings. The fourth-order valence-corrected chi connectivity index (χ4v) is 4.52. The fraction of sp³-hybridized carbons (Fsp3) is 0.417. The minimum absolute atomic E-state index is 0.147. The first-order valence-corrected chi connectivity index (χ1v) is 12.6. The number of anilines is 1. The monoisotopic (exact) mass is 459 g/mol. The van der Waals surface area contributed by atoms with Crippen molar-refractivity contribution < 1.29 is 18.0 Å². The Balaban J connectivity index is 2.07. The number of hydrogen-bond donors (Lipinski definition) is 1. The second-order valence-corrected chi connectivity index (χ2v) is 9.80. The van der Waals surface area contributed by atoms with Gasteiger partial charge in [-0.05, 0) is 49.9 Å². The van der Waals surface area contributed by atoms with Crippen LogP contribution in [0, 0.1) is 6.92 Å². The molecule has 2 amide bonds. The van der Waals surface area contributed by atoms with Crippen molar-refractivity contribution in [2.75, 3.05) is 30.7 Å². The largest absolute Gasteiger partial charge is 0.357 e. The van der Waals surface area contributed by atoms with E-state index in [0.29, 0.717) is 25.1 Å². The maximum Gasteiger partial charge on any atom is 0.242 e. The Labute approximate surface area is 191 Å². The lowest BCUT2D eigenvalue weighted by molar-refractivity contribution is -0.139. The normalized spacial score (nSPS) is 12.1. The summed E-state index contributed by atoms with van der Waals surface area (Å²) in [6.45, 7) is 4.20. The second-order valence-electron chi connectivity index (χ2n) is 7.89. The molecule has 0 saturated heterocycles. The lowest BCUT2D eigenvalue weighted by Crippen LogP contribution is -2.48. The molecule has 0 aliphatic heterocycles. The van der Waals surface area contributed by atoms with Crippen LogP contribution in [-0.2, 0) is 26.0 Å². The number of sulfonamides is 1. The Morgan fingerprint density at radius 1 is 1.03 bits per heavy atom. The number of nitrogens with zero attached hydrogens (tertiary/aromatic N) is 2. The average molecular weight is 460 g/mol. The van der Waals surface area contributed by atoms with Crippen LogP contribution < -0.4 is 9.62 Å². The van der Waals surface area contributed by atoms with Crippen molar-refractivity contribution in [2.45, 2.75) is 39.2 Å². The van der Waals surface area contributed by atoms with Gasteiger partial charge in [0.1, 0.15) is 6.04 Å². The predicted octanol–water partition coefficient (Wildman–Crippen LogP) is 2.75. The van der Waals surface area contributed by atoms with Crippen molar-refractivity contribution >= 4 is 27.5 Å². The van der Waals surface area contributed by atoms with Gasteiger partial charge in [-0.2, -0.15) is 0 Å². The van der Waals surface area contributed by atoms with E-state index in [1.54, 1.807) is 24.9 Å². The van der Waals surface area contributed by atoms with Gasteiger partial charge >= 0.3 is 0 Å². The van der Waals surface area contributed by atoms with Gasteiger partial charge in [0, 0.05) is 26.6 Å². The van der Waals surface area contributed by atoms with Crippen molar-refractivity contribution in [3.63, 3.8) is 0 Å². The zero-order valence-electron chi connectivity index (χ0n) is 19.2. The summed E-state index contributed by atoms with van der Waals surface area (Å²) < 4.78 is 26.0. The quantitative estimate of drug-likeness (QED) is 0.560. The molecule has 2 aromatic carbocycles. The van der Waals surface area contributed by atoms with E-state index in [9.17, 15) is 18.0 Å². The van der Waals surface area contributed by atoms with Crippen LogP contribution in [0.15, 0.2) is 54.6 Å². The Morgan fingerprint density at radius 3 is 2.31 bits per heavy atom. The molecule has 0 aliphatic carbocycles. The number of nitrogens with one attached hydrogen (secondary N) is 1. The number of aryl methyl sites for hydroxylation is 1. The number of amides is 2. The summed E-state index contributed by atoms with van der Waals surface area (Å²) >= 11 is 0. The van der Waals surface area contributed by atoms with E-state index in [1.165, 1.54) is 4.31 Å². The smallest absolute Gasteiger partial charge is 0.242 e.